The highest BCUT2D eigenvalue weighted by Crippen LogP contribution is 2.32. The van der Waals surface area contributed by atoms with Crippen molar-refractivity contribution >= 4 is 16.0 Å². The molecule has 7 nitrogen and oxygen atoms in total. The van der Waals surface area contributed by atoms with E-state index in [1.165, 1.54) is 12.1 Å². The Kier molecular flexibility index (Phi) is 7.62. The minimum Gasteiger partial charge on any atom is -0.330 e. The van der Waals surface area contributed by atoms with Crippen molar-refractivity contribution in [2.45, 2.75) is 43.0 Å². The minimum atomic E-state index is -4.02. The summed E-state index contributed by atoms with van der Waals surface area (Å²) in [5.74, 6) is -3.34. The standard InChI is InChI=1S/C9H13F2N3O.C7H8O3S/c10-9(11)4-7(5-13)14(6-9)8(15)2-1-3-12;1-6-2-4-7(5-3-6)11(8,9)10/h7H,1-4,6,12H2;2-5H,1H3,(H,8,9,10). The Labute approximate surface area is 151 Å². The van der Waals surface area contributed by atoms with Crippen molar-refractivity contribution in [1.29, 1.82) is 5.26 Å². The lowest BCUT2D eigenvalue weighted by atomic mass is 10.2. The number of benzene rings is 1. The van der Waals surface area contributed by atoms with Gasteiger partial charge in [0.2, 0.25) is 5.91 Å². The molecule has 1 aliphatic heterocycles. The van der Waals surface area contributed by atoms with E-state index in [2.05, 4.69) is 0 Å². The molecule has 26 heavy (non-hydrogen) atoms. The first-order valence-electron chi connectivity index (χ1n) is 7.81. The maximum atomic E-state index is 12.9. The van der Waals surface area contributed by atoms with Gasteiger partial charge in [0.05, 0.1) is 17.5 Å². The summed E-state index contributed by atoms with van der Waals surface area (Å²) in [6.07, 6.45) is 0.0294. The molecule has 144 valence electrons. The van der Waals surface area contributed by atoms with E-state index < -0.39 is 41.0 Å². The third kappa shape index (κ3) is 6.67. The van der Waals surface area contributed by atoms with Crippen molar-refractivity contribution in [3.8, 4) is 6.07 Å². The average Bonchev–Trinajstić information content (AvgIpc) is 2.88. The Morgan fingerprint density at radius 1 is 1.42 bits per heavy atom. The maximum absolute atomic E-state index is 12.9. The van der Waals surface area contributed by atoms with Gasteiger partial charge in [-0.25, -0.2) is 8.78 Å². The lowest BCUT2D eigenvalue weighted by Gasteiger charge is -2.18. The largest absolute Gasteiger partial charge is 0.330 e. The number of carbonyl (C=O) groups is 1. The van der Waals surface area contributed by atoms with E-state index in [1.54, 1.807) is 18.2 Å². The van der Waals surface area contributed by atoms with Crippen molar-refractivity contribution in [3.63, 3.8) is 0 Å². The second-order valence-corrected chi connectivity index (χ2v) is 7.33. The van der Waals surface area contributed by atoms with E-state index in [9.17, 15) is 22.0 Å². The molecule has 3 N–H and O–H groups in total. The molecule has 1 aromatic rings. The number of rotatable bonds is 4. The molecule has 1 atom stereocenters. The summed E-state index contributed by atoms with van der Waals surface area (Å²) in [5.41, 5.74) is 6.17. The van der Waals surface area contributed by atoms with E-state index in [4.69, 9.17) is 15.5 Å². The summed E-state index contributed by atoms with van der Waals surface area (Å²) >= 11 is 0. The Morgan fingerprint density at radius 3 is 2.46 bits per heavy atom. The van der Waals surface area contributed by atoms with Gasteiger partial charge in [-0.2, -0.15) is 13.7 Å². The van der Waals surface area contributed by atoms with E-state index in [0.717, 1.165) is 10.5 Å². The van der Waals surface area contributed by atoms with Gasteiger partial charge in [-0.3, -0.25) is 9.35 Å². The summed E-state index contributed by atoms with van der Waals surface area (Å²) in [6.45, 7) is 1.54. The van der Waals surface area contributed by atoms with Crippen LogP contribution >= 0.6 is 0 Å². The second-order valence-electron chi connectivity index (χ2n) is 5.91. The molecular formula is C16H21F2N3O4S. The van der Waals surface area contributed by atoms with Gasteiger partial charge in [0.1, 0.15) is 6.04 Å². The predicted octanol–water partition coefficient (Wildman–Crippen LogP) is 1.73. The number of likely N-dealkylation sites (tertiary alicyclic amines) is 1. The molecule has 1 saturated heterocycles. The molecule has 1 aliphatic rings. The number of nitrogens with zero attached hydrogens (tertiary/aromatic N) is 2. The quantitative estimate of drug-likeness (QED) is 0.756. The van der Waals surface area contributed by atoms with Crippen molar-refractivity contribution in [2.24, 2.45) is 5.73 Å². The van der Waals surface area contributed by atoms with Crippen LogP contribution in [0.1, 0.15) is 24.8 Å². The number of nitriles is 1. The molecule has 2 rings (SSSR count). The summed E-state index contributed by atoms with van der Waals surface area (Å²) in [4.78, 5) is 12.3. The number of aryl methyl sites for hydroxylation is 1. The zero-order valence-corrected chi connectivity index (χ0v) is 15.0. The van der Waals surface area contributed by atoms with Crippen LogP contribution in [-0.2, 0) is 14.9 Å². The first kappa shape index (κ1) is 22.0. The Morgan fingerprint density at radius 2 is 2.00 bits per heavy atom. The van der Waals surface area contributed by atoms with Crippen molar-refractivity contribution in [3.05, 3.63) is 29.8 Å². The highest BCUT2D eigenvalue weighted by Gasteiger charge is 2.46. The van der Waals surface area contributed by atoms with E-state index in [1.807, 2.05) is 6.92 Å². The fraction of sp³-hybridized carbons (Fsp3) is 0.500. The lowest BCUT2D eigenvalue weighted by molar-refractivity contribution is -0.132. The fourth-order valence-corrected chi connectivity index (χ4v) is 2.78. The van der Waals surface area contributed by atoms with Gasteiger partial charge in [-0.05, 0) is 32.0 Å². The molecule has 0 radical (unpaired) electrons. The van der Waals surface area contributed by atoms with Gasteiger partial charge in [0.15, 0.2) is 0 Å². The molecule has 1 amide bonds. The summed E-state index contributed by atoms with van der Waals surface area (Å²) in [7, 11) is -4.02. The molecule has 1 heterocycles. The number of hydrogen-bond donors (Lipinski definition) is 2. The number of hydrogen-bond acceptors (Lipinski definition) is 5. The number of amides is 1. The van der Waals surface area contributed by atoms with Gasteiger partial charge in [0.25, 0.3) is 16.0 Å². The maximum Gasteiger partial charge on any atom is 0.294 e. The average molecular weight is 389 g/mol. The SMILES string of the molecule is Cc1ccc(S(=O)(=O)O)cc1.N#CC1CC(F)(F)CN1C(=O)CCCN. The molecule has 0 bridgehead atoms. The van der Waals surface area contributed by atoms with Crippen LogP contribution in [0, 0.1) is 18.3 Å². The summed E-state index contributed by atoms with van der Waals surface area (Å²) in [5, 5.41) is 8.64. The molecule has 1 unspecified atom stereocenters. The predicted molar refractivity (Wildman–Crippen MR) is 90.0 cm³/mol. The van der Waals surface area contributed by atoms with Crippen molar-refractivity contribution in [1.82, 2.24) is 4.90 Å². The second kappa shape index (κ2) is 9.02. The molecule has 0 aliphatic carbocycles. The van der Waals surface area contributed by atoms with E-state index in [-0.39, 0.29) is 11.3 Å². The Bertz CT molecular complexity index is 761. The fourth-order valence-electron chi connectivity index (χ4n) is 2.30. The minimum absolute atomic E-state index is 0.0666. The number of alkyl halides is 2. The highest BCUT2D eigenvalue weighted by molar-refractivity contribution is 7.85. The van der Waals surface area contributed by atoms with Crippen molar-refractivity contribution in [2.75, 3.05) is 13.1 Å². The van der Waals surface area contributed by atoms with Crippen LogP contribution in [0.25, 0.3) is 0 Å². The molecular weight excluding hydrogens is 368 g/mol. The van der Waals surface area contributed by atoms with E-state index >= 15 is 0 Å². The van der Waals surface area contributed by atoms with Crippen LogP contribution in [0.4, 0.5) is 8.78 Å². The Balaban J connectivity index is 0.000000273. The highest BCUT2D eigenvalue weighted by atomic mass is 32.2. The van der Waals surface area contributed by atoms with Crippen LogP contribution in [0.5, 0.6) is 0 Å². The van der Waals surface area contributed by atoms with Gasteiger partial charge < -0.3 is 10.6 Å². The van der Waals surface area contributed by atoms with Crippen LogP contribution in [-0.4, -0.2) is 48.8 Å². The smallest absolute Gasteiger partial charge is 0.294 e. The van der Waals surface area contributed by atoms with Gasteiger partial charge in [-0.15, -0.1) is 0 Å². The van der Waals surface area contributed by atoms with Gasteiger partial charge in [-0.1, -0.05) is 17.7 Å². The first-order chi connectivity index (χ1) is 12.0. The summed E-state index contributed by atoms with van der Waals surface area (Å²) < 4.78 is 55.4. The number of halogens is 2. The number of nitrogens with two attached hydrogens (primary N) is 1. The third-order valence-corrected chi connectivity index (χ3v) is 4.52. The monoisotopic (exact) mass is 389 g/mol. The van der Waals surface area contributed by atoms with Crippen LogP contribution < -0.4 is 5.73 Å². The van der Waals surface area contributed by atoms with E-state index in [0.29, 0.717) is 13.0 Å². The van der Waals surface area contributed by atoms with Crippen LogP contribution in [0.2, 0.25) is 0 Å². The zero-order valence-electron chi connectivity index (χ0n) is 14.2. The normalized spacial score (nSPS) is 18.6. The van der Waals surface area contributed by atoms with Gasteiger partial charge in [0, 0.05) is 12.8 Å². The van der Waals surface area contributed by atoms with Crippen LogP contribution in [0.3, 0.4) is 0 Å². The summed E-state index contributed by atoms with van der Waals surface area (Å²) in [6, 6.07) is 6.71. The zero-order chi connectivity index (χ0) is 20.0. The van der Waals surface area contributed by atoms with Crippen molar-refractivity contribution < 1.29 is 26.5 Å². The topological polar surface area (TPSA) is 124 Å². The molecule has 0 saturated carbocycles. The molecule has 1 aromatic carbocycles. The first-order valence-corrected chi connectivity index (χ1v) is 9.25. The third-order valence-electron chi connectivity index (χ3n) is 3.65. The lowest BCUT2D eigenvalue weighted by Crippen LogP contribution is -2.36. The van der Waals surface area contributed by atoms with Gasteiger partial charge >= 0.3 is 0 Å². The molecule has 0 spiro atoms. The number of carbonyl (C=O) groups excluding carboxylic acids is 1. The molecule has 0 aromatic heterocycles. The van der Waals surface area contributed by atoms with Crippen LogP contribution in [0.15, 0.2) is 29.2 Å². The molecule has 10 heteroatoms. The molecule has 1 fully saturated rings. The Hall–Kier alpha value is -2.09.